The minimum atomic E-state index is -0.458. The highest BCUT2D eigenvalue weighted by atomic mass is 16.6. The fourth-order valence-electron chi connectivity index (χ4n) is 3.19. The lowest BCUT2D eigenvalue weighted by Gasteiger charge is -2.30. The van der Waals surface area contributed by atoms with Crippen LogP contribution < -0.4 is 0 Å². The summed E-state index contributed by atoms with van der Waals surface area (Å²) < 4.78 is 5.44. The number of rotatable bonds is 1. The van der Waals surface area contributed by atoms with Gasteiger partial charge < -0.3 is 9.64 Å². The molecule has 2 aliphatic rings. The first-order chi connectivity index (χ1) is 10.4. The summed E-state index contributed by atoms with van der Waals surface area (Å²) in [6.07, 6.45) is 7.45. The van der Waals surface area contributed by atoms with Crippen molar-refractivity contribution in [1.82, 2.24) is 14.9 Å². The molecule has 3 rings (SSSR count). The van der Waals surface area contributed by atoms with E-state index >= 15 is 0 Å². The van der Waals surface area contributed by atoms with Crippen molar-refractivity contribution < 1.29 is 9.53 Å². The molecule has 0 aromatic carbocycles. The van der Waals surface area contributed by atoms with Crippen LogP contribution in [0, 0.1) is 0 Å². The Morgan fingerprint density at radius 3 is 2.73 bits per heavy atom. The van der Waals surface area contributed by atoms with Gasteiger partial charge in [0.15, 0.2) is 0 Å². The molecule has 120 valence electrons. The molecule has 0 bridgehead atoms. The number of fused-ring (bicyclic) bond motifs is 1. The van der Waals surface area contributed by atoms with Gasteiger partial charge in [-0.2, -0.15) is 0 Å². The van der Waals surface area contributed by atoms with Gasteiger partial charge >= 0.3 is 6.09 Å². The van der Waals surface area contributed by atoms with Crippen LogP contribution >= 0.6 is 0 Å². The molecule has 0 saturated heterocycles. The molecular formula is C17H25N3O2. The van der Waals surface area contributed by atoms with E-state index < -0.39 is 5.60 Å². The van der Waals surface area contributed by atoms with Crippen molar-refractivity contribution in [2.75, 3.05) is 6.54 Å². The second kappa shape index (κ2) is 5.86. The average Bonchev–Trinajstić information content (AvgIpc) is 2.98. The molecule has 0 unspecified atom stereocenters. The first kappa shape index (κ1) is 15.3. The standard InChI is InChI=1S/C17H25N3O2/c1-17(2,3)22-16(21)20-9-8-14-13(11-20)10-18-15(19-14)12-6-4-5-7-12/h10,12H,4-9,11H2,1-3H3. The van der Waals surface area contributed by atoms with Gasteiger partial charge in [-0.15, -0.1) is 0 Å². The average molecular weight is 303 g/mol. The van der Waals surface area contributed by atoms with Gasteiger partial charge in [0.05, 0.1) is 12.2 Å². The zero-order valence-corrected chi connectivity index (χ0v) is 13.8. The smallest absolute Gasteiger partial charge is 0.410 e. The van der Waals surface area contributed by atoms with Crippen molar-refractivity contribution in [2.24, 2.45) is 0 Å². The predicted molar refractivity (Wildman–Crippen MR) is 83.6 cm³/mol. The van der Waals surface area contributed by atoms with E-state index in [2.05, 4.69) is 4.98 Å². The molecule has 1 fully saturated rings. The number of amides is 1. The first-order valence-electron chi connectivity index (χ1n) is 8.25. The van der Waals surface area contributed by atoms with E-state index in [0.29, 0.717) is 19.0 Å². The van der Waals surface area contributed by atoms with E-state index in [-0.39, 0.29) is 6.09 Å². The van der Waals surface area contributed by atoms with Gasteiger partial charge in [-0.3, -0.25) is 0 Å². The fraction of sp³-hybridized carbons (Fsp3) is 0.706. The second-order valence-electron chi connectivity index (χ2n) is 7.33. The summed E-state index contributed by atoms with van der Waals surface area (Å²) in [4.78, 5) is 23.2. The summed E-state index contributed by atoms with van der Waals surface area (Å²) in [6.45, 7) is 6.89. The van der Waals surface area contributed by atoms with E-state index in [4.69, 9.17) is 9.72 Å². The van der Waals surface area contributed by atoms with Crippen molar-refractivity contribution in [3.63, 3.8) is 0 Å². The van der Waals surface area contributed by atoms with Crippen LogP contribution in [0.3, 0.4) is 0 Å². The maximum Gasteiger partial charge on any atom is 0.410 e. The molecular weight excluding hydrogens is 278 g/mol. The summed E-state index contributed by atoms with van der Waals surface area (Å²) in [5.41, 5.74) is 1.70. The topological polar surface area (TPSA) is 55.3 Å². The van der Waals surface area contributed by atoms with Crippen LogP contribution in [0.25, 0.3) is 0 Å². The number of hydrogen-bond donors (Lipinski definition) is 0. The Kier molecular flexibility index (Phi) is 4.06. The van der Waals surface area contributed by atoms with Crippen molar-refractivity contribution in [2.45, 2.75) is 70.9 Å². The van der Waals surface area contributed by atoms with Crippen molar-refractivity contribution >= 4 is 6.09 Å². The van der Waals surface area contributed by atoms with E-state index in [1.165, 1.54) is 25.7 Å². The molecule has 5 heteroatoms. The van der Waals surface area contributed by atoms with E-state index in [1.54, 1.807) is 4.90 Å². The van der Waals surface area contributed by atoms with Gasteiger partial charge in [-0.05, 0) is 33.6 Å². The highest BCUT2D eigenvalue weighted by Gasteiger charge is 2.28. The molecule has 1 amide bonds. The molecule has 2 heterocycles. The highest BCUT2D eigenvalue weighted by molar-refractivity contribution is 5.68. The summed E-state index contributed by atoms with van der Waals surface area (Å²) in [5.74, 6) is 1.54. The molecule has 1 aliphatic heterocycles. The van der Waals surface area contributed by atoms with Crippen molar-refractivity contribution in [3.8, 4) is 0 Å². The minimum absolute atomic E-state index is 0.252. The van der Waals surface area contributed by atoms with Crippen LogP contribution in [-0.2, 0) is 17.7 Å². The van der Waals surface area contributed by atoms with Gasteiger partial charge in [0.1, 0.15) is 11.4 Å². The van der Waals surface area contributed by atoms with Gasteiger partial charge in [-0.25, -0.2) is 14.8 Å². The normalized spacial score (nSPS) is 19.1. The van der Waals surface area contributed by atoms with Gasteiger partial charge in [0, 0.05) is 30.6 Å². The zero-order valence-electron chi connectivity index (χ0n) is 13.8. The van der Waals surface area contributed by atoms with Crippen LogP contribution in [0.1, 0.15) is 69.5 Å². The predicted octanol–water partition coefficient (Wildman–Crippen LogP) is 3.43. The van der Waals surface area contributed by atoms with Crippen LogP contribution in [0.4, 0.5) is 4.79 Å². The van der Waals surface area contributed by atoms with Gasteiger partial charge in [0.2, 0.25) is 0 Å². The molecule has 22 heavy (non-hydrogen) atoms. The monoisotopic (exact) mass is 303 g/mol. The largest absolute Gasteiger partial charge is 0.444 e. The Balaban J connectivity index is 1.70. The Labute approximate surface area is 132 Å². The van der Waals surface area contributed by atoms with Gasteiger partial charge in [-0.1, -0.05) is 12.8 Å². The molecule has 1 aromatic rings. The lowest BCUT2D eigenvalue weighted by atomic mass is 10.0. The van der Waals surface area contributed by atoms with E-state index in [9.17, 15) is 4.79 Å². The second-order valence-corrected chi connectivity index (χ2v) is 7.33. The number of carbonyl (C=O) groups excluding carboxylic acids is 1. The number of hydrogen-bond acceptors (Lipinski definition) is 4. The molecule has 0 N–H and O–H groups in total. The maximum absolute atomic E-state index is 12.2. The quantitative estimate of drug-likeness (QED) is 0.797. The van der Waals surface area contributed by atoms with Crippen molar-refractivity contribution in [3.05, 3.63) is 23.3 Å². The van der Waals surface area contributed by atoms with Crippen molar-refractivity contribution in [1.29, 1.82) is 0 Å². The number of ether oxygens (including phenoxy) is 1. The molecule has 1 aromatic heterocycles. The minimum Gasteiger partial charge on any atom is -0.444 e. The molecule has 5 nitrogen and oxygen atoms in total. The Bertz CT molecular complexity index is 560. The molecule has 1 aliphatic carbocycles. The van der Waals surface area contributed by atoms with Crippen LogP contribution in [0.15, 0.2) is 6.20 Å². The molecule has 0 spiro atoms. The number of nitrogens with zero attached hydrogens (tertiary/aromatic N) is 3. The highest BCUT2D eigenvalue weighted by Crippen LogP contribution is 2.32. The molecule has 1 saturated carbocycles. The summed E-state index contributed by atoms with van der Waals surface area (Å²) in [7, 11) is 0. The number of carbonyl (C=O) groups is 1. The fourth-order valence-corrected chi connectivity index (χ4v) is 3.19. The Morgan fingerprint density at radius 1 is 1.32 bits per heavy atom. The van der Waals surface area contributed by atoms with Crippen LogP contribution in [-0.4, -0.2) is 33.1 Å². The Hall–Kier alpha value is -1.65. The summed E-state index contributed by atoms with van der Waals surface area (Å²) >= 11 is 0. The SMILES string of the molecule is CC(C)(C)OC(=O)N1CCc2nc(C3CCCC3)ncc2C1. The first-order valence-corrected chi connectivity index (χ1v) is 8.25. The summed E-state index contributed by atoms with van der Waals surface area (Å²) in [5, 5.41) is 0. The summed E-state index contributed by atoms with van der Waals surface area (Å²) in [6, 6.07) is 0. The third-order valence-electron chi connectivity index (χ3n) is 4.32. The molecule has 0 atom stereocenters. The molecule has 0 radical (unpaired) electrons. The third kappa shape index (κ3) is 3.39. The zero-order chi connectivity index (χ0) is 15.7. The van der Waals surface area contributed by atoms with Crippen LogP contribution in [0.5, 0.6) is 0 Å². The van der Waals surface area contributed by atoms with Crippen LogP contribution in [0.2, 0.25) is 0 Å². The lowest BCUT2D eigenvalue weighted by molar-refractivity contribution is 0.0222. The van der Waals surface area contributed by atoms with E-state index in [0.717, 1.165) is 23.5 Å². The van der Waals surface area contributed by atoms with Gasteiger partial charge in [0.25, 0.3) is 0 Å². The van der Waals surface area contributed by atoms with E-state index in [1.807, 2.05) is 27.0 Å². The lowest BCUT2D eigenvalue weighted by Crippen LogP contribution is -2.40. The number of aromatic nitrogens is 2. The maximum atomic E-state index is 12.2. The Morgan fingerprint density at radius 2 is 2.05 bits per heavy atom. The third-order valence-corrected chi connectivity index (χ3v) is 4.32.